The van der Waals surface area contributed by atoms with Gasteiger partial charge in [-0.05, 0) is 17.7 Å². The van der Waals surface area contributed by atoms with Crippen LogP contribution in [0.2, 0.25) is 0 Å². The number of aliphatic hydroxyl groups is 2. The minimum Gasteiger partial charge on any atom is -0.394 e. The summed E-state index contributed by atoms with van der Waals surface area (Å²) >= 11 is 0. The molecule has 2 aromatic carbocycles. The normalized spacial score (nSPS) is 19.6. The number of hydrogen-bond donors (Lipinski definition) is 3. The van der Waals surface area contributed by atoms with Gasteiger partial charge >= 0.3 is 0 Å². The lowest BCUT2D eigenvalue weighted by Crippen LogP contribution is -2.24. The van der Waals surface area contributed by atoms with Crippen LogP contribution in [-0.2, 0) is 4.74 Å². The molecule has 4 aromatic heterocycles. The Hall–Kier alpha value is -4.44. The number of aliphatic hydroxyl groups excluding tert-OH is 2. The lowest BCUT2D eigenvalue weighted by atomic mass is 10.0. The highest BCUT2D eigenvalue weighted by Crippen LogP contribution is 2.38. The van der Waals surface area contributed by atoms with Crippen molar-refractivity contribution in [2.24, 2.45) is 0 Å². The molecule has 0 amide bonds. The smallest absolute Gasteiger partial charge is 0.148 e. The van der Waals surface area contributed by atoms with E-state index in [0.717, 1.165) is 44.2 Å². The molecule has 188 valence electrons. The molecular formula is C29H24N6O3. The predicted molar refractivity (Wildman–Crippen MR) is 145 cm³/mol. The Morgan fingerprint density at radius 2 is 1.68 bits per heavy atom. The van der Waals surface area contributed by atoms with Gasteiger partial charge in [-0.3, -0.25) is 4.98 Å². The van der Waals surface area contributed by atoms with Crippen molar-refractivity contribution in [2.45, 2.75) is 24.9 Å². The van der Waals surface area contributed by atoms with Crippen molar-refractivity contribution in [3.05, 3.63) is 79.4 Å². The number of rotatable bonds is 4. The number of ether oxygens (including phenoxy) is 1. The molecule has 1 saturated heterocycles. The lowest BCUT2D eigenvalue weighted by Gasteiger charge is -2.14. The highest BCUT2D eigenvalue weighted by Gasteiger charge is 2.35. The van der Waals surface area contributed by atoms with Gasteiger partial charge in [0.2, 0.25) is 0 Å². The Kier molecular flexibility index (Phi) is 5.29. The molecular weight excluding hydrogens is 480 g/mol. The third-order valence-electron chi connectivity index (χ3n) is 7.26. The fraction of sp³-hybridized carbons (Fsp3) is 0.172. The number of fused-ring (bicyclic) bond motifs is 4. The van der Waals surface area contributed by atoms with Crippen LogP contribution in [0, 0.1) is 0 Å². The molecule has 7 rings (SSSR count). The zero-order valence-electron chi connectivity index (χ0n) is 20.3. The van der Waals surface area contributed by atoms with Gasteiger partial charge in [0.15, 0.2) is 0 Å². The van der Waals surface area contributed by atoms with Gasteiger partial charge in [0.1, 0.15) is 30.1 Å². The van der Waals surface area contributed by atoms with E-state index in [0.29, 0.717) is 23.3 Å². The Morgan fingerprint density at radius 1 is 0.921 bits per heavy atom. The first-order chi connectivity index (χ1) is 18.6. The monoisotopic (exact) mass is 504 g/mol. The van der Waals surface area contributed by atoms with Gasteiger partial charge in [-0.2, -0.15) is 0 Å². The number of nitrogen functional groups attached to an aromatic ring is 1. The molecule has 1 fully saturated rings. The van der Waals surface area contributed by atoms with E-state index in [1.54, 1.807) is 6.20 Å². The number of benzene rings is 2. The highest BCUT2D eigenvalue weighted by molar-refractivity contribution is 6.03. The molecule has 1 aliphatic rings. The van der Waals surface area contributed by atoms with Crippen molar-refractivity contribution in [1.29, 1.82) is 0 Å². The molecule has 5 heterocycles. The summed E-state index contributed by atoms with van der Waals surface area (Å²) in [7, 11) is 0. The van der Waals surface area contributed by atoms with Crippen LogP contribution in [-0.4, -0.2) is 53.5 Å². The second kappa shape index (κ2) is 8.84. The van der Waals surface area contributed by atoms with Gasteiger partial charge in [0, 0.05) is 40.7 Å². The Morgan fingerprint density at radius 3 is 2.47 bits per heavy atom. The summed E-state index contributed by atoms with van der Waals surface area (Å²) in [4.78, 5) is 18.2. The Bertz CT molecular complexity index is 1820. The van der Waals surface area contributed by atoms with E-state index in [1.165, 1.54) is 6.33 Å². The van der Waals surface area contributed by atoms with Crippen molar-refractivity contribution in [3.8, 4) is 22.4 Å². The van der Waals surface area contributed by atoms with Crippen molar-refractivity contribution in [1.82, 2.24) is 24.5 Å². The molecule has 3 atom stereocenters. The largest absolute Gasteiger partial charge is 0.394 e. The molecule has 6 aromatic rings. The van der Waals surface area contributed by atoms with Crippen molar-refractivity contribution in [3.63, 3.8) is 0 Å². The third kappa shape index (κ3) is 3.59. The quantitative estimate of drug-likeness (QED) is 0.306. The Balaban J connectivity index is 1.29. The van der Waals surface area contributed by atoms with E-state index >= 15 is 0 Å². The van der Waals surface area contributed by atoms with Crippen LogP contribution in [0.4, 0.5) is 5.82 Å². The first-order valence-corrected chi connectivity index (χ1v) is 12.4. The minimum atomic E-state index is -0.758. The Labute approximate surface area is 217 Å². The first kappa shape index (κ1) is 22.7. The standard InChI is InChI=1S/C29H24N6O3/c30-28-25-20(13-35(29(25)33-15-32-28)24-12-22(37)23(14-36)38-24)16-3-5-17(6-4-16)21-10-9-19-8-7-18-2-1-11-31-26(18)27(19)34-21/h1-11,13,15,22-24,36-37H,12,14H2,(H2,30,32,33)/t22-,23+,24+/m0/s1. The van der Waals surface area contributed by atoms with E-state index in [-0.39, 0.29) is 6.61 Å². The van der Waals surface area contributed by atoms with E-state index < -0.39 is 18.4 Å². The van der Waals surface area contributed by atoms with E-state index in [2.05, 4.69) is 33.2 Å². The summed E-state index contributed by atoms with van der Waals surface area (Å²) in [5.74, 6) is 0.362. The average molecular weight is 505 g/mol. The van der Waals surface area contributed by atoms with Crippen LogP contribution in [0.3, 0.4) is 0 Å². The van der Waals surface area contributed by atoms with Crippen molar-refractivity contribution in [2.75, 3.05) is 12.3 Å². The van der Waals surface area contributed by atoms with Gasteiger partial charge < -0.3 is 25.3 Å². The zero-order chi connectivity index (χ0) is 25.8. The van der Waals surface area contributed by atoms with Crippen LogP contribution in [0.25, 0.3) is 55.2 Å². The molecule has 9 nitrogen and oxygen atoms in total. The van der Waals surface area contributed by atoms with Gasteiger partial charge in [0.25, 0.3) is 0 Å². The number of nitrogens with zero attached hydrogens (tertiary/aromatic N) is 5. The molecule has 0 aliphatic carbocycles. The maximum Gasteiger partial charge on any atom is 0.148 e. The van der Waals surface area contributed by atoms with Gasteiger partial charge in [-0.25, -0.2) is 15.0 Å². The van der Waals surface area contributed by atoms with Crippen molar-refractivity contribution < 1.29 is 14.9 Å². The van der Waals surface area contributed by atoms with E-state index in [9.17, 15) is 10.2 Å². The summed E-state index contributed by atoms with van der Waals surface area (Å²) in [6, 6.07) is 20.3. The number of pyridine rings is 2. The molecule has 0 unspecified atom stereocenters. The van der Waals surface area contributed by atoms with Crippen LogP contribution >= 0.6 is 0 Å². The second-order valence-corrected chi connectivity index (χ2v) is 9.51. The maximum atomic E-state index is 10.3. The average Bonchev–Trinajstić information content (AvgIpc) is 3.54. The molecule has 38 heavy (non-hydrogen) atoms. The highest BCUT2D eigenvalue weighted by atomic mass is 16.5. The van der Waals surface area contributed by atoms with Gasteiger partial charge in [-0.15, -0.1) is 0 Å². The zero-order valence-corrected chi connectivity index (χ0v) is 20.3. The van der Waals surface area contributed by atoms with Crippen LogP contribution in [0.15, 0.2) is 79.4 Å². The topological polar surface area (TPSA) is 132 Å². The van der Waals surface area contributed by atoms with Gasteiger partial charge in [0.05, 0.1) is 34.8 Å². The maximum absolute atomic E-state index is 10.3. The molecule has 0 saturated carbocycles. The van der Waals surface area contributed by atoms with Crippen LogP contribution < -0.4 is 5.73 Å². The van der Waals surface area contributed by atoms with Crippen LogP contribution in [0.5, 0.6) is 0 Å². The number of anilines is 1. The fourth-order valence-corrected chi connectivity index (χ4v) is 5.30. The van der Waals surface area contributed by atoms with E-state index in [1.807, 2.05) is 53.2 Å². The molecule has 1 aliphatic heterocycles. The third-order valence-corrected chi connectivity index (χ3v) is 7.26. The molecule has 9 heteroatoms. The number of aromatic nitrogens is 5. The minimum absolute atomic E-state index is 0.253. The lowest BCUT2D eigenvalue weighted by molar-refractivity contribution is -0.0430. The summed E-state index contributed by atoms with van der Waals surface area (Å²) in [6.07, 6.45) is 3.60. The molecule has 0 bridgehead atoms. The van der Waals surface area contributed by atoms with E-state index in [4.69, 9.17) is 15.5 Å². The predicted octanol–water partition coefficient (Wildman–Crippen LogP) is 4.08. The summed E-state index contributed by atoms with van der Waals surface area (Å²) in [5.41, 5.74) is 12.3. The molecule has 0 radical (unpaired) electrons. The fourth-order valence-electron chi connectivity index (χ4n) is 5.30. The summed E-state index contributed by atoms with van der Waals surface area (Å²) in [5, 5.41) is 22.6. The first-order valence-electron chi connectivity index (χ1n) is 12.4. The molecule has 0 spiro atoms. The van der Waals surface area contributed by atoms with Crippen molar-refractivity contribution >= 4 is 38.7 Å². The van der Waals surface area contributed by atoms with Gasteiger partial charge in [-0.1, -0.05) is 48.5 Å². The molecule has 4 N–H and O–H groups in total. The summed E-state index contributed by atoms with van der Waals surface area (Å²) in [6.45, 7) is -0.253. The second-order valence-electron chi connectivity index (χ2n) is 9.51. The van der Waals surface area contributed by atoms with Crippen LogP contribution in [0.1, 0.15) is 12.6 Å². The SMILES string of the molecule is Nc1ncnc2c1c(-c1ccc(-c3ccc4ccc5cccnc5c4n3)cc1)cn2[C@H]1C[C@H](O)[C@@H](CO)O1. The number of hydrogen-bond acceptors (Lipinski definition) is 8. The summed E-state index contributed by atoms with van der Waals surface area (Å²) < 4.78 is 7.76. The number of nitrogens with two attached hydrogens (primary N) is 1.